The summed E-state index contributed by atoms with van der Waals surface area (Å²) in [5.41, 5.74) is 4.88. The SMILES string of the molecule is CC(COCc1ccccc1)C[C@H](C)C(=O)N1CCN(c2ccc(-c3ccccc3)cc2)CC1. The van der Waals surface area contributed by atoms with Gasteiger partial charge in [0, 0.05) is 44.4 Å². The molecular weight excluding hydrogens is 420 g/mol. The summed E-state index contributed by atoms with van der Waals surface area (Å²) in [6.07, 6.45) is 0.856. The lowest BCUT2D eigenvalue weighted by Crippen LogP contribution is -2.50. The maximum absolute atomic E-state index is 13.0. The summed E-state index contributed by atoms with van der Waals surface area (Å²) in [6, 6.07) is 29.4. The Balaban J connectivity index is 1.20. The van der Waals surface area contributed by atoms with Crippen molar-refractivity contribution in [1.82, 2.24) is 4.90 Å². The molecule has 0 bridgehead atoms. The van der Waals surface area contributed by atoms with Crippen molar-refractivity contribution in [2.75, 3.05) is 37.7 Å². The Morgan fingerprint density at radius 2 is 1.38 bits per heavy atom. The minimum atomic E-state index is 0.0204. The van der Waals surface area contributed by atoms with Crippen LogP contribution in [-0.4, -0.2) is 43.6 Å². The second-order valence-corrected chi connectivity index (χ2v) is 9.47. The molecule has 0 N–H and O–H groups in total. The van der Waals surface area contributed by atoms with E-state index < -0.39 is 0 Å². The highest BCUT2D eigenvalue weighted by Crippen LogP contribution is 2.24. The Morgan fingerprint density at radius 3 is 2.03 bits per heavy atom. The monoisotopic (exact) mass is 456 g/mol. The molecule has 1 heterocycles. The van der Waals surface area contributed by atoms with Gasteiger partial charge in [0.1, 0.15) is 0 Å². The van der Waals surface area contributed by atoms with E-state index in [2.05, 4.69) is 79.4 Å². The summed E-state index contributed by atoms with van der Waals surface area (Å²) in [6.45, 7) is 8.85. The Morgan fingerprint density at radius 1 is 0.794 bits per heavy atom. The molecule has 1 amide bonds. The van der Waals surface area contributed by atoms with Crippen LogP contribution in [0.5, 0.6) is 0 Å². The van der Waals surface area contributed by atoms with Crippen LogP contribution in [-0.2, 0) is 16.1 Å². The van der Waals surface area contributed by atoms with Crippen LogP contribution in [0.3, 0.4) is 0 Å². The summed E-state index contributed by atoms with van der Waals surface area (Å²) in [4.78, 5) is 17.5. The molecule has 2 atom stereocenters. The fourth-order valence-electron chi connectivity index (χ4n) is 4.72. The average molecular weight is 457 g/mol. The Bertz CT molecular complexity index is 1010. The second-order valence-electron chi connectivity index (χ2n) is 9.47. The molecule has 4 nitrogen and oxygen atoms in total. The average Bonchev–Trinajstić information content (AvgIpc) is 2.89. The predicted molar refractivity (Wildman–Crippen MR) is 140 cm³/mol. The molecule has 0 spiro atoms. The number of carbonyl (C=O) groups excluding carboxylic acids is 1. The number of anilines is 1. The molecule has 4 rings (SSSR count). The number of benzene rings is 3. The Hall–Kier alpha value is -3.11. The second kappa shape index (κ2) is 11.8. The molecule has 1 saturated heterocycles. The quantitative estimate of drug-likeness (QED) is 0.403. The van der Waals surface area contributed by atoms with Crippen LogP contribution >= 0.6 is 0 Å². The molecule has 1 unspecified atom stereocenters. The van der Waals surface area contributed by atoms with Crippen molar-refractivity contribution in [3.05, 3.63) is 90.5 Å². The fraction of sp³-hybridized carbons (Fsp3) is 0.367. The smallest absolute Gasteiger partial charge is 0.225 e. The maximum atomic E-state index is 13.0. The third-order valence-corrected chi connectivity index (χ3v) is 6.62. The zero-order valence-electron chi connectivity index (χ0n) is 20.4. The number of piperazine rings is 1. The van der Waals surface area contributed by atoms with Crippen molar-refractivity contribution in [3.8, 4) is 11.1 Å². The number of amides is 1. The van der Waals surface area contributed by atoms with Gasteiger partial charge in [-0.25, -0.2) is 0 Å². The number of carbonyl (C=O) groups is 1. The highest BCUT2D eigenvalue weighted by atomic mass is 16.5. The van der Waals surface area contributed by atoms with Crippen molar-refractivity contribution < 1.29 is 9.53 Å². The van der Waals surface area contributed by atoms with Gasteiger partial charge in [-0.15, -0.1) is 0 Å². The standard InChI is InChI=1S/C30H36N2O2/c1-24(22-34-23-26-9-5-3-6-10-26)21-25(2)30(33)32-19-17-31(18-20-32)29-15-13-28(14-16-29)27-11-7-4-8-12-27/h3-16,24-25H,17-23H2,1-2H3/t24?,25-/m0/s1. The van der Waals surface area contributed by atoms with Crippen molar-refractivity contribution in [2.24, 2.45) is 11.8 Å². The zero-order valence-corrected chi connectivity index (χ0v) is 20.4. The lowest BCUT2D eigenvalue weighted by atomic mass is 9.96. The van der Waals surface area contributed by atoms with Crippen LogP contribution in [0.25, 0.3) is 11.1 Å². The molecule has 1 aliphatic rings. The molecule has 3 aromatic carbocycles. The van der Waals surface area contributed by atoms with Gasteiger partial charge in [-0.3, -0.25) is 4.79 Å². The van der Waals surface area contributed by atoms with Gasteiger partial charge in [0.25, 0.3) is 0 Å². The number of nitrogens with zero attached hydrogens (tertiary/aromatic N) is 2. The molecule has 1 aliphatic heterocycles. The first-order valence-corrected chi connectivity index (χ1v) is 12.4. The van der Waals surface area contributed by atoms with Gasteiger partial charge >= 0.3 is 0 Å². The molecule has 0 aliphatic carbocycles. The van der Waals surface area contributed by atoms with E-state index in [1.807, 2.05) is 29.2 Å². The highest BCUT2D eigenvalue weighted by molar-refractivity contribution is 5.79. The van der Waals surface area contributed by atoms with E-state index >= 15 is 0 Å². The van der Waals surface area contributed by atoms with Crippen molar-refractivity contribution in [3.63, 3.8) is 0 Å². The minimum absolute atomic E-state index is 0.0204. The molecule has 178 valence electrons. The van der Waals surface area contributed by atoms with E-state index in [9.17, 15) is 4.79 Å². The van der Waals surface area contributed by atoms with Gasteiger partial charge in [-0.05, 0) is 41.2 Å². The molecule has 3 aromatic rings. The molecule has 0 radical (unpaired) electrons. The third kappa shape index (κ3) is 6.48. The highest BCUT2D eigenvalue weighted by Gasteiger charge is 2.26. The molecule has 1 fully saturated rings. The molecular formula is C30H36N2O2. The molecule has 34 heavy (non-hydrogen) atoms. The van der Waals surface area contributed by atoms with Gasteiger partial charge in [0.2, 0.25) is 5.91 Å². The Kier molecular flexibility index (Phi) is 8.37. The van der Waals surface area contributed by atoms with E-state index in [4.69, 9.17) is 4.74 Å². The summed E-state index contributed by atoms with van der Waals surface area (Å²) in [5.74, 6) is 0.646. The van der Waals surface area contributed by atoms with Crippen LogP contribution in [0.15, 0.2) is 84.9 Å². The largest absolute Gasteiger partial charge is 0.376 e. The normalized spacial score (nSPS) is 15.7. The summed E-state index contributed by atoms with van der Waals surface area (Å²) < 4.78 is 5.88. The van der Waals surface area contributed by atoms with Crippen LogP contribution in [0.1, 0.15) is 25.8 Å². The van der Waals surface area contributed by atoms with Gasteiger partial charge in [0.05, 0.1) is 6.61 Å². The summed E-state index contributed by atoms with van der Waals surface area (Å²) >= 11 is 0. The van der Waals surface area contributed by atoms with Crippen LogP contribution in [0.2, 0.25) is 0 Å². The van der Waals surface area contributed by atoms with Crippen molar-refractivity contribution in [1.29, 1.82) is 0 Å². The van der Waals surface area contributed by atoms with E-state index in [0.717, 1.165) is 32.6 Å². The topological polar surface area (TPSA) is 32.8 Å². The summed E-state index contributed by atoms with van der Waals surface area (Å²) in [7, 11) is 0. The molecule has 0 saturated carbocycles. The third-order valence-electron chi connectivity index (χ3n) is 6.62. The molecule has 0 aromatic heterocycles. The van der Waals surface area contributed by atoms with Crippen molar-refractivity contribution in [2.45, 2.75) is 26.9 Å². The van der Waals surface area contributed by atoms with E-state index in [0.29, 0.717) is 19.1 Å². The fourth-order valence-corrected chi connectivity index (χ4v) is 4.72. The number of ether oxygens (including phenoxy) is 1. The number of hydrogen-bond donors (Lipinski definition) is 0. The first kappa shape index (κ1) is 24.0. The van der Waals surface area contributed by atoms with Gasteiger partial charge in [-0.1, -0.05) is 86.6 Å². The van der Waals surface area contributed by atoms with E-state index in [1.165, 1.54) is 22.4 Å². The first-order chi connectivity index (χ1) is 16.6. The van der Waals surface area contributed by atoms with E-state index in [-0.39, 0.29) is 11.8 Å². The summed E-state index contributed by atoms with van der Waals surface area (Å²) in [5, 5.41) is 0. The van der Waals surface area contributed by atoms with Crippen LogP contribution < -0.4 is 4.90 Å². The number of rotatable bonds is 9. The van der Waals surface area contributed by atoms with E-state index in [1.54, 1.807) is 0 Å². The predicted octanol–water partition coefficient (Wildman–Crippen LogP) is 5.88. The Labute approximate surface area is 204 Å². The van der Waals surface area contributed by atoms with Crippen LogP contribution in [0.4, 0.5) is 5.69 Å². The lowest BCUT2D eigenvalue weighted by molar-refractivity contribution is -0.136. The lowest BCUT2D eigenvalue weighted by Gasteiger charge is -2.37. The van der Waals surface area contributed by atoms with Crippen molar-refractivity contribution >= 4 is 11.6 Å². The zero-order chi connectivity index (χ0) is 23.8. The number of hydrogen-bond acceptors (Lipinski definition) is 3. The van der Waals surface area contributed by atoms with Gasteiger partial charge < -0.3 is 14.5 Å². The van der Waals surface area contributed by atoms with Gasteiger partial charge in [-0.2, -0.15) is 0 Å². The maximum Gasteiger partial charge on any atom is 0.225 e. The van der Waals surface area contributed by atoms with Crippen LogP contribution in [0, 0.1) is 11.8 Å². The first-order valence-electron chi connectivity index (χ1n) is 12.4. The molecule has 4 heteroatoms. The van der Waals surface area contributed by atoms with Gasteiger partial charge in [0.15, 0.2) is 0 Å². The minimum Gasteiger partial charge on any atom is -0.376 e.